The summed E-state index contributed by atoms with van der Waals surface area (Å²) in [7, 11) is 0. The highest BCUT2D eigenvalue weighted by Gasteiger charge is 2.08. The molecule has 0 aromatic carbocycles. The second-order valence-electron chi connectivity index (χ2n) is 4.74. The van der Waals surface area contributed by atoms with Crippen LogP contribution in [0.3, 0.4) is 0 Å². The maximum atomic E-state index is 4.48. The third-order valence-corrected chi connectivity index (χ3v) is 1.89. The first-order valence-electron chi connectivity index (χ1n) is 5.62. The Bertz CT molecular complexity index is 207. The molecule has 0 aliphatic heterocycles. The average molecular weight is 339 g/mol. The molecule has 0 spiro atoms. The Morgan fingerprint density at radius 2 is 1.94 bits per heavy atom. The molecule has 0 unspecified atom stereocenters. The first-order chi connectivity index (χ1) is 6.99. The van der Waals surface area contributed by atoms with E-state index in [1.807, 2.05) is 6.08 Å². The Labute approximate surface area is 117 Å². The molecule has 0 aliphatic carbocycles. The lowest BCUT2D eigenvalue weighted by atomic mass is 9.93. The van der Waals surface area contributed by atoms with Crippen molar-refractivity contribution in [3.05, 3.63) is 12.7 Å². The van der Waals surface area contributed by atoms with Crippen LogP contribution in [0, 0.1) is 5.41 Å². The number of guanidine groups is 1. The van der Waals surface area contributed by atoms with Gasteiger partial charge in [-0.2, -0.15) is 0 Å². The molecule has 0 rings (SSSR count). The van der Waals surface area contributed by atoms with Gasteiger partial charge in [0.15, 0.2) is 5.96 Å². The van der Waals surface area contributed by atoms with E-state index >= 15 is 0 Å². The van der Waals surface area contributed by atoms with Gasteiger partial charge in [0.1, 0.15) is 0 Å². The molecule has 0 heterocycles. The van der Waals surface area contributed by atoms with E-state index in [-0.39, 0.29) is 24.0 Å². The fourth-order valence-electron chi connectivity index (χ4n) is 1.01. The highest BCUT2D eigenvalue weighted by atomic mass is 127. The maximum Gasteiger partial charge on any atom is 0.191 e. The van der Waals surface area contributed by atoms with Gasteiger partial charge in [-0.1, -0.05) is 26.8 Å². The minimum Gasteiger partial charge on any atom is -0.357 e. The monoisotopic (exact) mass is 339 g/mol. The van der Waals surface area contributed by atoms with E-state index in [1.54, 1.807) is 0 Å². The Kier molecular flexibility index (Phi) is 11.2. The summed E-state index contributed by atoms with van der Waals surface area (Å²) in [6.07, 6.45) is 2.92. The third-order valence-electron chi connectivity index (χ3n) is 1.89. The van der Waals surface area contributed by atoms with E-state index in [0.29, 0.717) is 5.41 Å². The zero-order chi connectivity index (χ0) is 11.7. The van der Waals surface area contributed by atoms with Gasteiger partial charge in [-0.3, -0.25) is 4.99 Å². The second-order valence-corrected chi connectivity index (χ2v) is 4.74. The number of halogens is 1. The van der Waals surface area contributed by atoms with Crippen LogP contribution in [0.2, 0.25) is 0 Å². The average Bonchev–Trinajstić information content (AvgIpc) is 2.12. The third kappa shape index (κ3) is 11.8. The van der Waals surface area contributed by atoms with E-state index in [1.165, 1.54) is 0 Å². The molecule has 0 bridgehead atoms. The van der Waals surface area contributed by atoms with Gasteiger partial charge < -0.3 is 10.6 Å². The van der Waals surface area contributed by atoms with Crippen LogP contribution in [0.15, 0.2) is 17.6 Å². The van der Waals surface area contributed by atoms with Crippen LogP contribution in [0.5, 0.6) is 0 Å². The molecule has 0 saturated heterocycles. The largest absolute Gasteiger partial charge is 0.357 e. The summed E-state index contributed by atoms with van der Waals surface area (Å²) in [4.78, 5) is 4.48. The number of aliphatic imine (C=N–C) groups is 1. The van der Waals surface area contributed by atoms with Crippen LogP contribution < -0.4 is 10.6 Å². The summed E-state index contributed by atoms with van der Waals surface area (Å²) < 4.78 is 0. The number of rotatable bonds is 5. The topological polar surface area (TPSA) is 36.4 Å². The van der Waals surface area contributed by atoms with Gasteiger partial charge in [-0.05, 0) is 18.8 Å². The number of nitrogens with zero attached hydrogens (tertiary/aromatic N) is 1. The minimum absolute atomic E-state index is 0. The van der Waals surface area contributed by atoms with E-state index in [2.05, 4.69) is 49.9 Å². The molecule has 16 heavy (non-hydrogen) atoms. The molecule has 96 valence electrons. The predicted octanol–water partition coefficient (Wildman–Crippen LogP) is 2.78. The Morgan fingerprint density at radius 3 is 2.38 bits per heavy atom. The normalized spacial score (nSPS) is 11.6. The predicted molar refractivity (Wildman–Crippen MR) is 83.7 cm³/mol. The zero-order valence-electron chi connectivity index (χ0n) is 11.0. The first-order valence-corrected chi connectivity index (χ1v) is 5.62. The number of hydrogen-bond acceptors (Lipinski definition) is 1. The molecule has 0 amide bonds. The smallest absolute Gasteiger partial charge is 0.191 e. The van der Waals surface area contributed by atoms with Gasteiger partial charge in [0.05, 0.1) is 0 Å². The van der Waals surface area contributed by atoms with E-state index in [0.717, 1.165) is 32.0 Å². The van der Waals surface area contributed by atoms with Crippen molar-refractivity contribution in [2.45, 2.75) is 34.1 Å². The van der Waals surface area contributed by atoms with Crippen molar-refractivity contribution in [1.82, 2.24) is 10.6 Å². The summed E-state index contributed by atoms with van der Waals surface area (Å²) in [6.45, 7) is 14.9. The second kappa shape index (κ2) is 9.93. The van der Waals surface area contributed by atoms with Crippen molar-refractivity contribution < 1.29 is 0 Å². The molecule has 0 saturated carbocycles. The van der Waals surface area contributed by atoms with Gasteiger partial charge >= 0.3 is 0 Å². The molecule has 0 atom stereocenters. The van der Waals surface area contributed by atoms with Crippen molar-refractivity contribution in [2.75, 3.05) is 19.6 Å². The highest BCUT2D eigenvalue weighted by molar-refractivity contribution is 14.0. The fourth-order valence-corrected chi connectivity index (χ4v) is 1.01. The molecule has 4 heteroatoms. The molecule has 0 aromatic rings. The number of nitrogens with one attached hydrogen (secondary N) is 2. The molecule has 0 radical (unpaired) electrons. The van der Waals surface area contributed by atoms with Crippen molar-refractivity contribution in [3.63, 3.8) is 0 Å². The lowest BCUT2D eigenvalue weighted by Crippen LogP contribution is -2.37. The summed E-state index contributed by atoms with van der Waals surface area (Å²) in [5.74, 6) is 0.877. The van der Waals surface area contributed by atoms with Crippen LogP contribution in [-0.4, -0.2) is 25.6 Å². The van der Waals surface area contributed by atoms with E-state index in [4.69, 9.17) is 0 Å². The van der Waals surface area contributed by atoms with Crippen LogP contribution in [-0.2, 0) is 0 Å². The fraction of sp³-hybridized carbons (Fsp3) is 0.750. The minimum atomic E-state index is 0. The van der Waals surface area contributed by atoms with Gasteiger partial charge in [-0.25, -0.2) is 0 Å². The zero-order valence-corrected chi connectivity index (χ0v) is 13.3. The quantitative estimate of drug-likeness (QED) is 0.350. The van der Waals surface area contributed by atoms with Crippen LogP contribution in [0.1, 0.15) is 34.1 Å². The summed E-state index contributed by atoms with van der Waals surface area (Å²) in [5, 5.41) is 6.37. The Balaban J connectivity index is 0. The van der Waals surface area contributed by atoms with Crippen molar-refractivity contribution >= 4 is 29.9 Å². The van der Waals surface area contributed by atoms with Crippen LogP contribution >= 0.6 is 24.0 Å². The van der Waals surface area contributed by atoms with Gasteiger partial charge in [0.2, 0.25) is 0 Å². The molecule has 0 aromatic heterocycles. The van der Waals surface area contributed by atoms with Crippen LogP contribution in [0.4, 0.5) is 0 Å². The molecular formula is C12H26IN3. The van der Waals surface area contributed by atoms with Gasteiger partial charge in [0, 0.05) is 19.6 Å². The first kappa shape index (κ1) is 18.1. The molecule has 3 nitrogen and oxygen atoms in total. The van der Waals surface area contributed by atoms with E-state index < -0.39 is 0 Å². The van der Waals surface area contributed by atoms with Crippen molar-refractivity contribution in [1.29, 1.82) is 0 Å². The standard InChI is InChI=1S/C12H25N3.HI/c1-6-9-14-11(13-7-2)15-10-8-12(3,4)5;/h6H,1,7-10H2,2-5H3,(H2,13,14,15);1H. The number of hydrogen-bond donors (Lipinski definition) is 2. The SMILES string of the molecule is C=CCNC(=NCCC(C)(C)C)NCC.I. The summed E-state index contributed by atoms with van der Waals surface area (Å²) >= 11 is 0. The molecule has 2 N–H and O–H groups in total. The molecule has 0 fully saturated rings. The Hall–Kier alpha value is -0.260. The maximum absolute atomic E-state index is 4.48. The molecule has 0 aliphatic rings. The van der Waals surface area contributed by atoms with Gasteiger partial charge in [0.25, 0.3) is 0 Å². The lowest BCUT2D eigenvalue weighted by Gasteiger charge is -2.17. The van der Waals surface area contributed by atoms with Crippen LogP contribution in [0.25, 0.3) is 0 Å². The lowest BCUT2D eigenvalue weighted by molar-refractivity contribution is 0.385. The van der Waals surface area contributed by atoms with E-state index in [9.17, 15) is 0 Å². The van der Waals surface area contributed by atoms with Crippen molar-refractivity contribution in [3.8, 4) is 0 Å². The summed E-state index contributed by atoms with van der Waals surface area (Å²) in [6, 6.07) is 0. The van der Waals surface area contributed by atoms with Gasteiger partial charge in [-0.15, -0.1) is 30.6 Å². The highest BCUT2D eigenvalue weighted by Crippen LogP contribution is 2.17. The summed E-state index contributed by atoms with van der Waals surface area (Å²) in [5.41, 5.74) is 0.346. The molecular weight excluding hydrogens is 313 g/mol. The van der Waals surface area contributed by atoms with Crippen molar-refractivity contribution in [2.24, 2.45) is 10.4 Å². The Morgan fingerprint density at radius 1 is 1.31 bits per heavy atom.